The zero-order valence-electron chi connectivity index (χ0n) is 34.4. The predicted molar refractivity (Wildman–Crippen MR) is 201 cm³/mol. The third-order valence-electron chi connectivity index (χ3n) is 16.5. The molecule has 4 saturated carbocycles. The molecule has 2 heterocycles. The van der Waals surface area contributed by atoms with Crippen molar-refractivity contribution < 1.29 is 64.9 Å². The lowest BCUT2D eigenvalue weighted by Crippen LogP contribution is -2.71. The summed E-state index contributed by atoms with van der Waals surface area (Å²) in [7, 11) is 0. The van der Waals surface area contributed by atoms with E-state index in [-0.39, 0.29) is 23.7 Å². The van der Waals surface area contributed by atoms with E-state index in [1.165, 1.54) is 12.5 Å². The Balaban J connectivity index is 1.38. The fraction of sp³-hybridized carbons (Fsp3) is 0.952. The van der Waals surface area contributed by atoms with Crippen molar-refractivity contribution in [3.8, 4) is 0 Å². The van der Waals surface area contributed by atoms with Gasteiger partial charge in [0.2, 0.25) is 0 Å². The second kappa shape index (κ2) is 15.4. The molecule has 55 heavy (non-hydrogen) atoms. The van der Waals surface area contributed by atoms with E-state index < -0.39 is 114 Å². The molecule has 6 rings (SSSR count). The van der Waals surface area contributed by atoms with Gasteiger partial charge in [0.05, 0.1) is 36.6 Å². The van der Waals surface area contributed by atoms with Gasteiger partial charge in [-0.25, -0.2) is 0 Å². The molecule has 13 heteroatoms. The van der Waals surface area contributed by atoms with Crippen molar-refractivity contribution in [3.63, 3.8) is 0 Å². The number of hydrogen-bond acceptors (Lipinski definition) is 13. The molecular weight excluding hydrogens is 712 g/mol. The number of rotatable bonds is 9. The average molecular weight is 785 g/mol. The normalized spacial score (nSPS) is 53.4. The molecule has 318 valence electrons. The van der Waals surface area contributed by atoms with E-state index >= 15 is 0 Å². The Kier molecular flexibility index (Phi) is 12.2. The van der Waals surface area contributed by atoms with Crippen molar-refractivity contribution in [2.75, 3.05) is 6.61 Å². The third kappa shape index (κ3) is 7.10. The largest absolute Gasteiger partial charge is 0.394 e. The zero-order chi connectivity index (χ0) is 40.8. The first-order valence-electron chi connectivity index (χ1n) is 20.8. The standard InChI is InChI=1S/C42H72O13/c1-20(2)11-10-14-42(9,51)22-12-16-40(7)28(22)23(44)17-26-39(6)15-13-27(45)38(4,5)35(39)24(18-41(26,40)8)53-37-34(32(49)30(47)25(19-43)54-37)55-36-33(50)31(48)29(46)21(3)52-36/h11,21-37,43-51H,10,12-19H2,1-9H3/t21-,22-,23-,24+,25+,26?,27+,28+,29-,30+,31+,32-,33+,34+,35?,36-,37+,39+,40-,41+,42+/m0/s1. The van der Waals surface area contributed by atoms with Crippen LogP contribution >= 0.6 is 0 Å². The van der Waals surface area contributed by atoms with Crippen LogP contribution in [-0.2, 0) is 18.9 Å². The minimum absolute atomic E-state index is 0.0411. The maximum atomic E-state index is 12.3. The molecule has 0 amide bonds. The van der Waals surface area contributed by atoms with Gasteiger partial charge in [-0.3, -0.25) is 0 Å². The Hall–Kier alpha value is -0.780. The Labute approximate surface area is 327 Å². The van der Waals surface area contributed by atoms with E-state index in [9.17, 15) is 46.0 Å². The average Bonchev–Trinajstić information content (AvgIpc) is 3.49. The summed E-state index contributed by atoms with van der Waals surface area (Å²) in [4.78, 5) is 0. The quantitative estimate of drug-likeness (QED) is 0.121. The number of fused-ring (bicyclic) bond motifs is 5. The Bertz CT molecular complexity index is 1390. The molecule has 0 aromatic carbocycles. The van der Waals surface area contributed by atoms with Gasteiger partial charge in [-0.2, -0.15) is 0 Å². The van der Waals surface area contributed by atoms with Crippen LogP contribution in [0.1, 0.15) is 114 Å². The van der Waals surface area contributed by atoms with Crippen LogP contribution in [0.5, 0.6) is 0 Å². The molecule has 6 aliphatic rings. The molecule has 2 aliphatic heterocycles. The van der Waals surface area contributed by atoms with Crippen molar-refractivity contribution in [2.45, 2.75) is 199 Å². The lowest BCUT2D eigenvalue weighted by atomic mass is 9.34. The summed E-state index contributed by atoms with van der Waals surface area (Å²) in [5.74, 6) is -0.526. The number of allylic oxidation sites excluding steroid dienone is 2. The van der Waals surface area contributed by atoms with E-state index in [1.807, 2.05) is 20.8 Å². The number of aliphatic hydroxyl groups is 9. The van der Waals surface area contributed by atoms with E-state index in [1.54, 1.807) is 0 Å². The minimum atomic E-state index is -1.70. The summed E-state index contributed by atoms with van der Waals surface area (Å²) < 4.78 is 25.1. The number of aliphatic hydroxyl groups excluding tert-OH is 8. The van der Waals surface area contributed by atoms with Crippen LogP contribution in [-0.4, -0.2) is 138 Å². The van der Waals surface area contributed by atoms with Gasteiger partial charge in [0.1, 0.15) is 42.7 Å². The summed E-state index contributed by atoms with van der Waals surface area (Å²) in [6, 6.07) is 0. The van der Waals surface area contributed by atoms with Crippen LogP contribution in [0.3, 0.4) is 0 Å². The fourth-order valence-electron chi connectivity index (χ4n) is 13.3. The summed E-state index contributed by atoms with van der Waals surface area (Å²) in [5.41, 5.74) is -1.71. The van der Waals surface area contributed by atoms with E-state index in [4.69, 9.17) is 18.9 Å². The topological polar surface area (TPSA) is 219 Å². The third-order valence-corrected chi connectivity index (χ3v) is 16.5. The molecule has 9 N–H and O–H groups in total. The fourth-order valence-corrected chi connectivity index (χ4v) is 13.3. The maximum absolute atomic E-state index is 12.3. The summed E-state index contributed by atoms with van der Waals surface area (Å²) in [5, 5.41) is 100. The van der Waals surface area contributed by atoms with Gasteiger partial charge in [-0.15, -0.1) is 0 Å². The van der Waals surface area contributed by atoms with Crippen molar-refractivity contribution in [1.29, 1.82) is 0 Å². The SMILES string of the molecule is CC(C)=CCC[C@@](C)(O)[C@H]1CC[C@@]2(C)[C@H]1[C@@H](O)CC1[C@@]3(C)CC[C@@H](O)C(C)(C)C3[C@H](O[C@@H]3O[C@H](CO)[C@@H](O)[C@H](O)[C@H]3O[C@@H]3O[C@@H](C)[C@H](O)[C@@H](O)[C@H]3O)C[C@]12C. The van der Waals surface area contributed by atoms with Crippen LogP contribution in [0, 0.1) is 45.3 Å². The maximum Gasteiger partial charge on any atom is 0.187 e. The highest BCUT2D eigenvalue weighted by atomic mass is 16.8. The highest BCUT2D eigenvalue weighted by Crippen LogP contribution is 2.76. The molecule has 0 bridgehead atoms. The lowest BCUT2D eigenvalue weighted by Gasteiger charge is -2.72. The van der Waals surface area contributed by atoms with Gasteiger partial charge < -0.3 is 64.9 Å². The number of ether oxygens (including phenoxy) is 4. The van der Waals surface area contributed by atoms with Crippen LogP contribution < -0.4 is 0 Å². The first-order valence-corrected chi connectivity index (χ1v) is 20.8. The van der Waals surface area contributed by atoms with Crippen LogP contribution in [0.2, 0.25) is 0 Å². The molecule has 0 spiro atoms. The van der Waals surface area contributed by atoms with Gasteiger partial charge in [0.15, 0.2) is 12.6 Å². The van der Waals surface area contributed by atoms with Crippen molar-refractivity contribution in [3.05, 3.63) is 11.6 Å². The molecular formula is C42H72O13. The molecule has 21 atom stereocenters. The second-order valence-electron chi connectivity index (χ2n) is 20.3. The summed E-state index contributed by atoms with van der Waals surface area (Å²) >= 11 is 0. The van der Waals surface area contributed by atoms with Gasteiger partial charge in [-0.1, -0.05) is 46.3 Å². The highest BCUT2D eigenvalue weighted by Gasteiger charge is 2.73. The number of hydrogen-bond donors (Lipinski definition) is 9. The van der Waals surface area contributed by atoms with Gasteiger partial charge in [-0.05, 0) is 124 Å². The summed E-state index contributed by atoms with van der Waals surface area (Å²) in [6.07, 6.45) is -8.99. The monoisotopic (exact) mass is 784 g/mol. The summed E-state index contributed by atoms with van der Waals surface area (Å²) in [6.45, 7) is 17.8. The Morgan fingerprint density at radius 1 is 0.818 bits per heavy atom. The molecule has 4 aliphatic carbocycles. The Morgan fingerprint density at radius 3 is 2.13 bits per heavy atom. The lowest BCUT2D eigenvalue weighted by molar-refractivity contribution is -0.382. The minimum Gasteiger partial charge on any atom is -0.394 e. The smallest absolute Gasteiger partial charge is 0.187 e. The molecule has 0 aromatic heterocycles. The molecule has 0 aromatic rings. The molecule has 6 fully saturated rings. The Morgan fingerprint density at radius 2 is 1.49 bits per heavy atom. The highest BCUT2D eigenvalue weighted by molar-refractivity contribution is 5.22. The van der Waals surface area contributed by atoms with Crippen molar-refractivity contribution in [2.24, 2.45) is 45.3 Å². The van der Waals surface area contributed by atoms with Gasteiger partial charge in [0.25, 0.3) is 0 Å². The van der Waals surface area contributed by atoms with Crippen molar-refractivity contribution >= 4 is 0 Å². The first kappa shape index (κ1) is 43.8. The molecule has 0 radical (unpaired) electrons. The molecule has 2 saturated heterocycles. The van der Waals surface area contributed by atoms with Crippen LogP contribution in [0.25, 0.3) is 0 Å². The van der Waals surface area contributed by atoms with Crippen LogP contribution in [0.4, 0.5) is 0 Å². The van der Waals surface area contributed by atoms with E-state index in [0.717, 1.165) is 19.3 Å². The van der Waals surface area contributed by atoms with Crippen molar-refractivity contribution in [1.82, 2.24) is 0 Å². The van der Waals surface area contributed by atoms with Gasteiger partial charge >= 0.3 is 0 Å². The predicted octanol–water partition coefficient (Wildman–Crippen LogP) is 2.15. The van der Waals surface area contributed by atoms with E-state index in [2.05, 4.69) is 40.7 Å². The second-order valence-corrected chi connectivity index (χ2v) is 20.3. The van der Waals surface area contributed by atoms with E-state index in [0.29, 0.717) is 32.1 Å². The van der Waals surface area contributed by atoms with Crippen LogP contribution in [0.15, 0.2) is 11.6 Å². The first-order chi connectivity index (χ1) is 25.5. The van der Waals surface area contributed by atoms with Gasteiger partial charge in [0, 0.05) is 0 Å². The molecule has 2 unspecified atom stereocenters. The molecule has 13 nitrogen and oxygen atoms in total. The zero-order valence-corrected chi connectivity index (χ0v) is 34.4.